The van der Waals surface area contributed by atoms with E-state index in [4.69, 9.17) is 10.5 Å². The first-order chi connectivity index (χ1) is 13.1. The average molecular weight is 391 g/mol. The molecule has 1 saturated heterocycles. The van der Waals surface area contributed by atoms with Gasteiger partial charge >= 0.3 is 0 Å². The van der Waals surface area contributed by atoms with E-state index in [1.807, 2.05) is 0 Å². The van der Waals surface area contributed by atoms with E-state index in [0.29, 0.717) is 24.9 Å². The molecule has 0 radical (unpaired) electrons. The lowest BCUT2D eigenvalue weighted by atomic mass is 9.93. The summed E-state index contributed by atoms with van der Waals surface area (Å²) in [6.07, 6.45) is 3.23. The molecule has 2 N–H and O–H groups in total. The molecular weight excluding hydrogens is 348 g/mol. The van der Waals surface area contributed by atoms with Crippen LogP contribution in [-0.2, 0) is 0 Å². The van der Waals surface area contributed by atoms with Crippen LogP contribution in [0.5, 0.6) is 0 Å². The molecule has 0 aliphatic carbocycles. The normalized spacial score (nSPS) is 28.0. The van der Waals surface area contributed by atoms with Gasteiger partial charge in [-0.1, -0.05) is 0 Å². The number of hydrogen-bond donors (Lipinski definition) is 2. The van der Waals surface area contributed by atoms with Gasteiger partial charge in [0.25, 0.3) is 0 Å². The quantitative estimate of drug-likeness (QED) is 0.768. The average Bonchev–Trinajstić information content (AvgIpc) is 2.58. The highest BCUT2D eigenvalue weighted by atomic mass is 15.2. The summed E-state index contributed by atoms with van der Waals surface area (Å²) in [6, 6.07) is 5.43. The van der Waals surface area contributed by atoms with Gasteiger partial charge in [-0.15, -0.1) is 0 Å². The Labute approximate surface area is 173 Å². The molecule has 1 aliphatic rings. The van der Waals surface area contributed by atoms with Crippen LogP contribution in [0.3, 0.4) is 0 Å². The SMILES string of the molecule is C[C@H]1CC(C)(C)NCCN(CCC#N)[C@@H](C)CC(C)(C)NCCN1CCC#N. The molecule has 0 aromatic rings. The van der Waals surface area contributed by atoms with E-state index in [-0.39, 0.29) is 11.1 Å². The predicted molar refractivity (Wildman–Crippen MR) is 116 cm³/mol. The maximum absolute atomic E-state index is 9.03. The Bertz CT molecular complexity index is 482. The highest BCUT2D eigenvalue weighted by Crippen LogP contribution is 2.19. The number of nitrogens with zero attached hydrogens (tertiary/aromatic N) is 4. The second-order valence-electron chi connectivity index (χ2n) is 9.62. The zero-order valence-electron chi connectivity index (χ0n) is 19.0. The fraction of sp³-hybridized carbons (Fsp3) is 0.909. The van der Waals surface area contributed by atoms with Crippen molar-refractivity contribution in [3.8, 4) is 12.1 Å². The Morgan fingerprint density at radius 2 is 1.14 bits per heavy atom. The third-order valence-electron chi connectivity index (χ3n) is 5.88. The molecule has 0 bridgehead atoms. The Balaban J connectivity index is 2.92. The maximum atomic E-state index is 9.03. The van der Waals surface area contributed by atoms with Crippen LogP contribution >= 0.6 is 0 Å². The van der Waals surface area contributed by atoms with E-state index in [9.17, 15) is 0 Å². The van der Waals surface area contributed by atoms with Gasteiger partial charge in [0.05, 0.1) is 12.1 Å². The third kappa shape index (κ3) is 9.34. The lowest BCUT2D eigenvalue weighted by molar-refractivity contribution is 0.135. The van der Waals surface area contributed by atoms with Crippen molar-refractivity contribution in [1.29, 1.82) is 10.5 Å². The molecule has 0 spiro atoms. The predicted octanol–water partition coefficient (Wildman–Crippen LogP) is 2.72. The molecule has 6 heteroatoms. The van der Waals surface area contributed by atoms with E-state index in [1.165, 1.54) is 0 Å². The van der Waals surface area contributed by atoms with E-state index in [0.717, 1.165) is 52.1 Å². The van der Waals surface area contributed by atoms with Crippen molar-refractivity contribution in [2.45, 2.75) is 90.4 Å². The minimum Gasteiger partial charge on any atom is -0.310 e. The fourth-order valence-electron chi connectivity index (χ4n) is 4.45. The number of hydrogen-bond acceptors (Lipinski definition) is 6. The summed E-state index contributed by atoms with van der Waals surface area (Å²) in [5, 5.41) is 25.5. The van der Waals surface area contributed by atoms with E-state index < -0.39 is 0 Å². The topological polar surface area (TPSA) is 78.1 Å². The van der Waals surface area contributed by atoms with Crippen LogP contribution in [0.2, 0.25) is 0 Å². The van der Waals surface area contributed by atoms with Crippen molar-refractivity contribution in [1.82, 2.24) is 20.4 Å². The van der Waals surface area contributed by atoms with Crippen molar-refractivity contribution >= 4 is 0 Å². The first-order valence-electron chi connectivity index (χ1n) is 10.8. The zero-order chi connectivity index (χ0) is 21.2. The van der Waals surface area contributed by atoms with Gasteiger partial charge < -0.3 is 10.6 Å². The second-order valence-corrected chi connectivity index (χ2v) is 9.62. The molecule has 2 atom stereocenters. The van der Waals surface area contributed by atoms with E-state index in [2.05, 4.69) is 74.1 Å². The summed E-state index contributed by atoms with van der Waals surface area (Å²) < 4.78 is 0. The van der Waals surface area contributed by atoms with Gasteiger partial charge in [-0.3, -0.25) is 9.80 Å². The molecule has 0 unspecified atom stereocenters. The molecule has 1 aliphatic heterocycles. The highest BCUT2D eigenvalue weighted by Gasteiger charge is 2.28. The Hall–Kier alpha value is -1.18. The fourth-order valence-corrected chi connectivity index (χ4v) is 4.45. The lowest BCUT2D eigenvalue weighted by Gasteiger charge is -2.40. The molecule has 160 valence electrons. The zero-order valence-corrected chi connectivity index (χ0v) is 19.0. The molecule has 28 heavy (non-hydrogen) atoms. The lowest BCUT2D eigenvalue weighted by Crippen LogP contribution is -2.53. The minimum absolute atomic E-state index is 0.0330. The summed E-state index contributed by atoms with van der Waals surface area (Å²) in [7, 11) is 0. The Kier molecular flexibility index (Phi) is 10.4. The smallest absolute Gasteiger partial charge is 0.0635 e. The van der Waals surface area contributed by atoms with Crippen LogP contribution in [0.4, 0.5) is 0 Å². The van der Waals surface area contributed by atoms with Gasteiger partial charge in [-0.05, 0) is 54.4 Å². The molecule has 0 saturated carbocycles. The number of nitriles is 2. The Morgan fingerprint density at radius 3 is 1.46 bits per heavy atom. The van der Waals surface area contributed by atoms with Crippen LogP contribution in [0, 0.1) is 22.7 Å². The van der Waals surface area contributed by atoms with Gasteiger partial charge in [-0.25, -0.2) is 0 Å². The van der Waals surface area contributed by atoms with E-state index >= 15 is 0 Å². The molecule has 1 heterocycles. The number of rotatable bonds is 4. The molecule has 0 aromatic carbocycles. The second kappa shape index (κ2) is 11.7. The highest BCUT2D eigenvalue weighted by molar-refractivity contribution is 4.89. The van der Waals surface area contributed by atoms with Crippen molar-refractivity contribution in [3.63, 3.8) is 0 Å². The largest absolute Gasteiger partial charge is 0.310 e. The molecule has 6 nitrogen and oxygen atoms in total. The molecule has 0 aromatic heterocycles. The summed E-state index contributed by atoms with van der Waals surface area (Å²) >= 11 is 0. The van der Waals surface area contributed by atoms with Crippen LogP contribution in [0.1, 0.15) is 67.2 Å². The first kappa shape index (κ1) is 24.9. The monoisotopic (exact) mass is 390 g/mol. The van der Waals surface area contributed by atoms with E-state index in [1.54, 1.807) is 0 Å². The summed E-state index contributed by atoms with van der Waals surface area (Å²) in [6.45, 7) is 19.0. The standard InChI is InChI=1S/C22H42N6/c1-19-17-21(3,4)25-12-16-28(14-8-10-24)20(2)18-22(5,6)26-11-15-27(19)13-7-9-23/h19-20,25-26H,7-8,11-18H2,1-6H3/t19-,20-/m0/s1. The molecule has 1 rings (SSSR count). The van der Waals surface area contributed by atoms with Crippen LogP contribution in [-0.4, -0.2) is 72.2 Å². The van der Waals surface area contributed by atoms with Gasteiger partial charge in [-0.2, -0.15) is 10.5 Å². The van der Waals surface area contributed by atoms with Crippen molar-refractivity contribution in [2.24, 2.45) is 0 Å². The summed E-state index contributed by atoms with van der Waals surface area (Å²) in [4.78, 5) is 4.90. The number of nitrogens with one attached hydrogen (secondary N) is 2. The summed E-state index contributed by atoms with van der Waals surface area (Å²) in [5.74, 6) is 0. The van der Waals surface area contributed by atoms with Crippen LogP contribution in [0.25, 0.3) is 0 Å². The third-order valence-corrected chi connectivity index (χ3v) is 5.88. The minimum atomic E-state index is 0.0330. The Morgan fingerprint density at radius 1 is 0.786 bits per heavy atom. The van der Waals surface area contributed by atoms with Crippen LogP contribution < -0.4 is 10.6 Å². The summed E-state index contributed by atoms with van der Waals surface area (Å²) in [5.41, 5.74) is 0.0660. The van der Waals surface area contributed by atoms with Crippen molar-refractivity contribution < 1.29 is 0 Å². The van der Waals surface area contributed by atoms with Crippen LogP contribution in [0.15, 0.2) is 0 Å². The van der Waals surface area contributed by atoms with Gasteiger partial charge in [0, 0.05) is 75.3 Å². The van der Waals surface area contributed by atoms with Gasteiger partial charge in [0.1, 0.15) is 0 Å². The molecule has 0 amide bonds. The van der Waals surface area contributed by atoms with Gasteiger partial charge in [0.2, 0.25) is 0 Å². The first-order valence-corrected chi connectivity index (χ1v) is 10.8. The van der Waals surface area contributed by atoms with Crippen molar-refractivity contribution in [3.05, 3.63) is 0 Å². The van der Waals surface area contributed by atoms with Gasteiger partial charge in [0.15, 0.2) is 0 Å². The van der Waals surface area contributed by atoms with Crippen molar-refractivity contribution in [2.75, 3.05) is 39.3 Å². The maximum Gasteiger partial charge on any atom is 0.0635 e. The molecular formula is C22H42N6. The molecule has 1 fully saturated rings.